The third-order valence-electron chi connectivity index (χ3n) is 3.08. The summed E-state index contributed by atoms with van der Waals surface area (Å²) in [5.41, 5.74) is 0.814. The lowest BCUT2D eigenvalue weighted by atomic mass is 10.3. The second-order valence-corrected chi connectivity index (χ2v) is 8.24. The predicted molar refractivity (Wildman–Crippen MR) is 90.7 cm³/mol. The smallest absolute Gasteiger partial charge is 0.240 e. The first-order valence-electron chi connectivity index (χ1n) is 6.79. The van der Waals surface area contributed by atoms with Gasteiger partial charge in [-0.25, -0.2) is 22.5 Å². The highest BCUT2D eigenvalue weighted by atomic mass is 32.2. The molecule has 3 rings (SSSR count). The van der Waals surface area contributed by atoms with Gasteiger partial charge < -0.3 is 0 Å². The zero-order valence-electron chi connectivity index (χ0n) is 11.9. The van der Waals surface area contributed by atoms with Crippen molar-refractivity contribution >= 4 is 32.7 Å². The van der Waals surface area contributed by atoms with Crippen LogP contribution < -0.4 is 4.72 Å². The first kappa shape index (κ1) is 16.3. The molecule has 1 N–H and O–H groups in total. The molecule has 2 aromatic heterocycles. The van der Waals surface area contributed by atoms with Crippen LogP contribution in [0.4, 0.5) is 4.39 Å². The van der Waals surface area contributed by atoms with E-state index in [4.69, 9.17) is 0 Å². The second-order valence-electron chi connectivity index (χ2n) is 4.70. The van der Waals surface area contributed by atoms with E-state index in [1.807, 2.05) is 22.9 Å². The van der Waals surface area contributed by atoms with Crippen LogP contribution in [0.3, 0.4) is 0 Å². The minimum Gasteiger partial charge on any atom is -0.240 e. The normalized spacial score (nSPS) is 11.7. The average molecular weight is 368 g/mol. The Hall–Kier alpha value is -1.61. The molecule has 0 saturated heterocycles. The summed E-state index contributed by atoms with van der Waals surface area (Å²) >= 11 is 3.14. The predicted octanol–water partition coefficient (Wildman–Crippen LogP) is 3.53. The fourth-order valence-corrected chi connectivity index (χ4v) is 4.77. The molecule has 23 heavy (non-hydrogen) atoms. The molecule has 1 aromatic carbocycles. The minimum atomic E-state index is -3.84. The van der Waals surface area contributed by atoms with Gasteiger partial charge >= 0.3 is 0 Å². The van der Waals surface area contributed by atoms with Crippen molar-refractivity contribution in [3.8, 4) is 9.88 Å². The molecule has 0 radical (unpaired) electrons. The lowest BCUT2D eigenvalue weighted by Gasteiger charge is -2.06. The number of halogens is 1. The number of sulfonamides is 1. The summed E-state index contributed by atoms with van der Waals surface area (Å²) in [6.45, 7) is 0.171. The quantitative estimate of drug-likeness (QED) is 0.724. The number of hydrogen-bond acceptors (Lipinski definition) is 5. The third kappa shape index (κ3) is 3.84. The Morgan fingerprint density at radius 1 is 1.13 bits per heavy atom. The molecular weight excluding hydrogens is 355 g/mol. The molecule has 0 spiro atoms. The van der Waals surface area contributed by atoms with Gasteiger partial charge in [-0.1, -0.05) is 18.2 Å². The molecule has 120 valence electrons. The standard InChI is InChI=1S/C15H13FN2O2S3/c16-12-4-1-2-6-14(12)23(19,20)17-8-7-11-10-22-15(18-11)13-5-3-9-21-13/h1-6,9-10,17H,7-8H2. The Morgan fingerprint density at radius 3 is 2.70 bits per heavy atom. The lowest BCUT2D eigenvalue weighted by molar-refractivity contribution is 0.557. The van der Waals surface area contributed by atoms with Crippen LogP contribution >= 0.6 is 22.7 Å². The molecular formula is C15H13FN2O2S3. The van der Waals surface area contributed by atoms with Gasteiger partial charge in [0.15, 0.2) is 0 Å². The monoisotopic (exact) mass is 368 g/mol. The van der Waals surface area contributed by atoms with Gasteiger partial charge in [-0.2, -0.15) is 0 Å². The van der Waals surface area contributed by atoms with Crippen molar-refractivity contribution in [1.29, 1.82) is 0 Å². The van der Waals surface area contributed by atoms with Gasteiger partial charge in [0.25, 0.3) is 0 Å². The maximum Gasteiger partial charge on any atom is 0.243 e. The average Bonchev–Trinajstić information content (AvgIpc) is 3.18. The van der Waals surface area contributed by atoms with Gasteiger partial charge in [-0.15, -0.1) is 22.7 Å². The van der Waals surface area contributed by atoms with Gasteiger partial charge in [-0.3, -0.25) is 0 Å². The maximum atomic E-state index is 13.6. The highest BCUT2D eigenvalue weighted by molar-refractivity contribution is 7.89. The Kier molecular flexibility index (Phi) is 4.86. The van der Waals surface area contributed by atoms with E-state index in [0.29, 0.717) is 6.42 Å². The van der Waals surface area contributed by atoms with Crippen molar-refractivity contribution in [2.75, 3.05) is 6.54 Å². The summed E-state index contributed by atoms with van der Waals surface area (Å²) < 4.78 is 40.1. The van der Waals surface area contributed by atoms with Gasteiger partial charge in [-0.05, 0) is 23.6 Å². The third-order valence-corrected chi connectivity index (χ3v) is 6.51. The van der Waals surface area contributed by atoms with Gasteiger partial charge in [0.1, 0.15) is 15.7 Å². The zero-order valence-corrected chi connectivity index (χ0v) is 14.3. The fraction of sp³-hybridized carbons (Fsp3) is 0.133. The van der Waals surface area contributed by atoms with E-state index >= 15 is 0 Å². The summed E-state index contributed by atoms with van der Waals surface area (Å²) in [5, 5.41) is 4.82. The molecule has 0 atom stereocenters. The zero-order chi connectivity index (χ0) is 16.3. The summed E-state index contributed by atoms with van der Waals surface area (Å²) in [7, 11) is -3.84. The van der Waals surface area contributed by atoms with Gasteiger partial charge in [0.2, 0.25) is 10.0 Å². The summed E-state index contributed by atoms with van der Waals surface area (Å²) in [4.78, 5) is 5.24. The molecule has 0 aliphatic carbocycles. The van der Waals surface area contributed by atoms with E-state index in [0.717, 1.165) is 21.6 Å². The lowest BCUT2D eigenvalue weighted by Crippen LogP contribution is -2.26. The van der Waals surface area contributed by atoms with Crippen molar-refractivity contribution in [2.24, 2.45) is 0 Å². The molecule has 0 bridgehead atoms. The number of hydrogen-bond donors (Lipinski definition) is 1. The molecule has 4 nitrogen and oxygen atoms in total. The second kappa shape index (κ2) is 6.88. The van der Waals surface area contributed by atoms with Crippen molar-refractivity contribution in [3.63, 3.8) is 0 Å². The molecule has 2 heterocycles. The van der Waals surface area contributed by atoms with E-state index in [1.54, 1.807) is 11.3 Å². The molecule has 3 aromatic rings. The maximum absolute atomic E-state index is 13.6. The first-order chi connectivity index (χ1) is 11.1. The van der Waals surface area contributed by atoms with Crippen LogP contribution in [0.1, 0.15) is 5.69 Å². The Balaban J connectivity index is 1.62. The Labute approximate surface area is 141 Å². The Bertz CT molecular complexity index is 889. The van der Waals surface area contributed by atoms with E-state index < -0.39 is 15.8 Å². The van der Waals surface area contributed by atoms with Crippen LogP contribution in [-0.2, 0) is 16.4 Å². The molecule has 0 saturated carbocycles. The van der Waals surface area contributed by atoms with Crippen molar-refractivity contribution in [2.45, 2.75) is 11.3 Å². The van der Waals surface area contributed by atoms with Crippen LogP contribution in [-0.4, -0.2) is 19.9 Å². The van der Waals surface area contributed by atoms with E-state index in [1.165, 1.54) is 29.5 Å². The van der Waals surface area contributed by atoms with Gasteiger partial charge in [0.05, 0.1) is 10.6 Å². The summed E-state index contributed by atoms with van der Waals surface area (Å²) in [6.07, 6.45) is 0.454. The van der Waals surface area contributed by atoms with Crippen molar-refractivity contribution in [3.05, 3.63) is 58.7 Å². The van der Waals surface area contributed by atoms with Gasteiger partial charge in [0, 0.05) is 18.3 Å². The number of nitrogens with one attached hydrogen (secondary N) is 1. The number of thiophene rings is 1. The van der Waals surface area contributed by atoms with E-state index in [-0.39, 0.29) is 11.4 Å². The molecule has 0 aliphatic rings. The first-order valence-corrected chi connectivity index (χ1v) is 10.0. The molecule has 0 aliphatic heterocycles. The number of rotatable bonds is 6. The van der Waals surface area contributed by atoms with Crippen LogP contribution in [0.15, 0.2) is 52.1 Å². The van der Waals surface area contributed by atoms with Crippen LogP contribution in [0.2, 0.25) is 0 Å². The molecule has 0 unspecified atom stereocenters. The number of aromatic nitrogens is 1. The van der Waals surface area contributed by atoms with Crippen LogP contribution in [0, 0.1) is 5.82 Å². The van der Waals surface area contributed by atoms with Crippen LogP contribution in [0.25, 0.3) is 9.88 Å². The SMILES string of the molecule is O=S(=O)(NCCc1csc(-c2cccs2)n1)c1ccccc1F. The highest BCUT2D eigenvalue weighted by Crippen LogP contribution is 2.27. The van der Waals surface area contributed by atoms with E-state index in [2.05, 4.69) is 9.71 Å². The highest BCUT2D eigenvalue weighted by Gasteiger charge is 2.17. The minimum absolute atomic E-state index is 0.171. The number of nitrogens with zero attached hydrogens (tertiary/aromatic N) is 1. The number of benzene rings is 1. The topological polar surface area (TPSA) is 59.1 Å². The van der Waals surface area contributed by atoms with Crippen molar-refractivity contribution in [1.82, 2.24) is 9.71 Å². The molecule has 8 heteroatoms. The van der Waals surface area contributed by atoms with Crippen molar-refractivity contribution < 1.29 is 12.8 Å². The number of thiazole rings is 1. The fourth-order valence-electron chi connectivity index (χ4n) is 1.99. The summed E-state index contributed by atoms with van der Waals surface area (Å²) in [6, 6.07) is 9.27. The Morgan fingerprint density at radius 2 is 1.96 bits per heavy atom. The summed E-state index contributed by atoms with van der Waals surface area (Å²) in [5.74, 6) is -0.756. The van der Waals surface area contributed by atoms with E-state index in [9.17, 15) is 12.8 Å². The largest absolute Gasteiger partial charge is 0.243 e. The van der Waals surface area contributed by atoms with Crippen LogP contribution in [0.5, 0.6) is 0 Å². The molecule has 0 amide bonds. The molecule has 0 fully saturated rings.